The van der Waals surface area contributed by atoms with Gasteiger partial charge < -0.3 is 9.84 Å². The molecular formula is C16H18O2. The van der Waals surface area contributed by atoms with Gasteiger partial charge in [0.05, 0.1) is 7.11 Å². The van der Waals surface area contributed by atoms with Crippen LogP contribution in [0.5, 0.6) is 5.75 Å². The van der Waals surface area contributed by atoms with E-state index in [2.05, 4.69) is 0 Å². The van der Waals surface area contributed by atoms with E-state index in [1.54, 1.807) is 7.11 Å². The quantitative estimate of drug-likeness (QED) is 0.894. The van der Waals surface area contributed by atoms with Crippen LogP contribution < -0.4 is 4.74 Å². The van der Waals surface area contributed by atoms with Gasteiger partial charge in [0.2, 0.25) is 0 Å². The van der Waals surface area contributed by atoms with E-state index in [-0.39, 0.29) is 0 Å². The van der Waals surface area contributed by atoms with Crippen LogP contribution in [0.2, 0.25) is 0 Å². The average molecular weight is 242 g/mol. The summed E-state index contributed by atoms with van der Waals surface area (Å²) in [5, 5.41) is 10.4. The van der Waals surface area contributed by atoms with Crippen molar-refractivity contribution >= 4 is 0 Å². The lowest BCUT2D eigenvalue weighted by molar-refractivity contribution is 0.214. The van der Waals surface area contributed by atoms with Crippen LogP contribution in [-0.2, 0) is 0 Å². The second-order valence-corrected chi connectivity index (χ2v) is 4.56. The van der Waals surface area contributed by atoms with Crippen LogP contribution in [0.25, 0.3) is 0 Å². The van der Waals surface area contributed by atoms with Crippen molar-refractivity contribution in [1.82, 2.24) is 0 Å². The monoisotopic (exact) mass is 242 g/mol. The second kappa shape index (κ2) is 5.23. The molecule has 94 valence electrons. The highest BCUT2D eigenvalue weighted by molar-refractivity contribution is 5.43. The molecule has 0 spiro atoms. The molecule has 0 saturated heterocycles. The van der Waals surface area contributed by atoms with Gasteiger partial charge in [0.15, 0.2) is 0 Å². The lowest BCUT2D eigenvalue weighted by atomic mass is 9.98. The number of aryl methyl sites for hydroxylation is 2. The molecule has 0 saturated carbocycles. The summed E-state index contributed by atoms with van der Waals surface area (Å²) in [5.74, 6) is 0.726. The molecule has 18 heavy (non-hydrogen) atoms. The van der Waals surface area contributed by atoms with Crippen LogP contribution in [0.1, 0.15) is 28.4 Å². The second-order valence-electron chi connectivity index (χ2n) is 4.56. The molecule has 2 aromatic rings. The van der Waals surface area contributed by atoms with E-state index in [1.165, 1.54) is 0 Å². The van der Waals surface area contributed by atoms with Crippen molar-refractivity contribution in [1.29, 1.82) is 0 Å². The number of aliphatic hydroxyl groups is 1. The van der Waals surface area contributed by atoms with E-state index in [0.29, 0.717) is 0 Å². The zero-order valence-corrected chi connectivity index (χ0v) is 11.0. The SMILES string of the molecule is COc1cc(C)ccc1C(O)c1cccc(C)c1. The zero-order valence-electron chi connectivity index (χ0n) is 11.0. The first-order chi connectivity index (χ1) is 8.61. The summed E-state index contributed by atoms with van der Waals surface area (Å²) in [6, 6.07) is 13.7. The van der Waals surface area contributed by atoms with Crippen molar-refractivity contribution in [3.63, 3.8) is 0 Å². The summed E-state index contributed by atoms with van der Waals surface area (Å²) >= 11 is 0. The lowest BCUT2D eigenvalue weighted by Gasteiger charge is -2.16. The molecular weight excluding hydrogens is 224 g/mol. The van der Waals surface area contributed by atoms with Gasteiger partial charge in [0.25, 0.3) is 0 Å². The van der Waals surface area contributed by atoms with Gasteiger partial charge in [-0.1, -0.05) is 42.0 Å². The summed E-state index contributed by atoms with van der Waals surface area (Å²) in [4.78, 5) is 0. The van der Waals surface area contributed by atoms with Gasteiger partial charge in [-0.2, -0.15) is 0 Å². The molecule has 0 bridgehead atoms. The molecule has 2 aromatic carbocycles. The van der Waals surface area contributed by atoms with Gasteiger partial charge in [-0.25, -0.2) is 0 Å². The summed E-state index contributed by atoms with van der Waals surface area (Å²) < 4.78 is 5.34. The topological polar surface area (TPSA) is 29.5 Å². The molecule has 0 aliphatic rings. The Morgan fingerprint density at radius 3 is 2.39 bits per heavy atom. The fraction of sp³-hybridized carbons (Fsp3) is 0.250. The third kappa shape index (κ3) is 2.54. The first kappa shape index (κ1) is 12.7. The minimum Gasteiger partial charge on any atom is -0.496 e. The third-order valence-corrected chi connectivity index (χ3v) is 3.04. The van der Waals surface area contributed by atoms with Gasteiger partial charge >= 0.3 is 0 Å². The largest absolute Gasteiger partial charge is 0.496 e. The summed E-state index contributed by atoms with van der Waals surface area (Å²) in [6.07, 6.45) is -0.652. The Labute approximate surface area is 108 Å². The molecule has 0 fully saturated rings. The summed E-state index contributed by atoms with van der Waals surface area (Å²) in [5.41, 5.74) is 3.94. The molecule has 1 atom stereocenters. The van der Waals surface area contributed by atoms with Crippen LogP contribution in [-0.4, -0.2) is 12.2 Å². The van der Waals surface area contributed by atoms with Crippen LogP contribution in [0, 0.1) is 13.8 Å². The van der Waals surface area contributed by atoms with Crippen molar-refractivity contribution in [2.75, 3.05) is 7.11 Å². The number of benzene rings is 2. The number of rotatable bonds is 3. The highest BCUT2D eigenvalue weighted by Crippen LogP contribution is 2.30. The number of methoxy groups -OCH3 is 1. The Bertz CT molecular complexity index is 547. The van der Waals surface area contributed by atoms with Gasteiger partial charge in [0, 0.05) is 5.56 Å². The zero-order chi connectivity index (χ0) is 13.1. The van der Waals surface area contributed by atoms with Crippen LogP contribution >= 0.6 is 0 Å². The highest BCUT2D eigenvalue weighted by Gasteiger charge is 2.15. The standard InChI is InChI=1S/C16H18O2/c1-11-5-4-6-13(9-11)16(17)14-8-7-12(2)10-15(14)18-3/h4-10,16-17H,1-3H3. The van der Waals surface area contributed by atoms with Crippen molar-refractivity contribution in [2.24, 2.45) is 0 Å². The molecule has 0 amide bonds. The maximum Gasteiger partial charge on any atom is 0.125 e. The first-order valence-electron chi connectivity index (χ1n) is 6.01. The van der Waals surface area contributed by atoms with Crippen LogP contribution in [0.3, 0.4) is 0 Å². The number of aliphatic hydroxyl groups excluding tert-OH is 1. The first-order valence-corrected chi connectivity index (χ1v) is 6.01. The van der Waals surface area contributed by atoms with Crippen molar-refractivity contribution < 1.29 is 9.84 Å². The van der Waals surface area contributed by atoms with E-state index < -0.39 is 6.10 Å². The van der Waals surface area contributed by atoms with Crippen LogP contribution in [0.15, 0.2) is 42.5 Å². The van der Waals surface area contributed by atoms with E-state index in [0.717, 1.165) is 28.0 Å². The average Bonchev–Trinajstić information content (AvgIpc) is 2.37. The van der Waals surface area contributed by atoms with Crippen molar-refractivity contribution in [3.05, 3.63) is 64.7 Å². The predicted octanol–water partition coefficient (Wildman–Crippen LogP) is 3.39. The maximum atomic E-state index is 10.4. The van der Waals surface area contributed by atoms with Gasteiger partial charge in [-0.3, -0.25) is 0 Å². The number of ether oxygens (including phenoxy) is 1. The molecule has 0 aromatic heterocycles. The van der Waals surface area contributed by atoms with Gasteiger partial charge in [0.1, 0.15) is 11.9 Å². The number of hydrogen-bond acceptors (Lipinski definition) is 2. The molecule has 0 aliphatic carbocycles. The molecule has 1 N–H and O–H groups in total. The van der Waals surface area contributed by atoms with Crippen molar-refractivity contribution in [2.45, 2.75) is 20.0 Å². The molecule has 2 heteroatoms. The minimum absolute atomic E-state index is 0.652. The fourth-order valence-corrected chi connectivity index (χ4v) is 2.06. The van der Waals surface area contributed by atoms with E-state index in [4.69, 9.17) is 4.74 Å². The third-order valence-electron chi connectivity index (χ3n) is 3.04. The smallest absolute Gasteiger partial charge is 0.125 e. The highest BCUT2D eigenvalue weighted by atomic mass is 16.5. The Hall–Kier alpha value is -1.80. The number of hydrogen-bond donors (Lipinski definition) is 1. The Kier molecular flexibility index (Phi) is 3.68. The summed E-state index contributed by atoms with van der Waals surface area (Å²) in [7, 11) is 1.63. The fourth-order valence-electron chi connectivity index (χ4n) is 2.06. The normalized spacial score (nSPS) is 12.2. The van der Waals surface area contributed by atoms with Gasteiger partial charge in [-0.05, 0) is 31.0 Å². The molecule has 2 nitrogen and oxygen atoms in total. The van der Waals surface area contributed by atoms with Crippen molar-refractivity contribution in [3.8, 4) is 5.75 Å². The molecule has 0 heterocycles. The van der Waals surface area contributed by atoms with E-state index in [9.17, 15) is 5.11 Å². The van der Waals surface area contributed by atoms with E-state index in [1.807, 2.05) is 56.3 Å². The molecule has 0 radical (unpaired) electrons. The van der Waals surface area contributed by atoms with Crippen LogP contribution in [0.4, 0.5) is 0 Å². The molecule has 2 rings (SSSR count). The molecule has 1 unspecified atom stereocenters. The predicted molar refractivity (Wildman–Crippen MR) is 73.0 cm³/mol. The minimum atomic E-state index is -0.652. The van der Waals surface area contributed by atoms with E-state index >= 15 is 0 Å². The maximum absolute atomic E-state index is 10.4. The molecule has 0 aliphatic heterocycles. The Morgan fingerprint density at radius 2 is 1.72 bits per heavy atom. The Morgan fingerprint density at radius 1 is 1.00 bits per heavy atom. The van der Waals surface area contributed by atoms with Gasteiger partial charge in [-0.15, -0.1) is 0 Å². The Balaban J connectivity index is 2.42. The lowest BCUT2D eigenvalue weighted by Crippen LogP contribution is -2.03. The summed E-state index contributed by atoms with van der Waals surface area (Å²) in [6.45, 7) is 4.02.